The van der Waals surface area contributed by atoms with Gasteiger partial charge in [0.05, 0.1) is 10.8 Å². The van der Waals surface area contributed by atoms with Gasteiger partial charge in [-0.1, -0.05) is 37.3 Å². The number of esters is 1. The lowest BCUT2D eigenvalue weighted by atomic mass is 9.97. The summed E-state index contributed by atoms with van der Waals surface area (Å²) in [6.07, 6.45) is 0.535. The number of anilines is 1. The first-order chi connectivity index (χ1) is 12.8. The number of benzene rings is 2. The Balaban J connectivity index is 2.03. The molecule has 2 aromatic carbocycles. The van der Waals surface area contributed by atoms with Gasteiger partial charge in [-0.05, 0) is 43.0 Å². The minimum Gasteiger partial charge on any atom is -0.455 e. The van der Waals surface area contributed by atoms with Gasteiger partial charge in [0.15, 0.2) is 6.61 Å². The Bertz CT molecular complexity index is 849. The van der Waals surface area contributed by atoms with Gasteiger partial charge in [0.1, 0.15) is 5.69 Å². The van der Waals surface area contributed by atoms with E-state index in [0.717, 1.165) is 16.7 Å². The number of nitro groups is 1. The molecule has 0 saturated heterocycles. The number of rotatable bonds is 7. The molecular formula is C20H22N2O5. The molecule has 1 N–H and O–H groups in total. The molecule has 0 aliphatic rings. The smallest absolute Gasteiger partial charge is 0.313 e. The van der Waals surface area contributed by atoms with E-state index in [1.165, 1.54) is 12.1 Å². The predicted molar refractivity (Wildman–Crippen MR) is 102 cm³/mol. The van der Waals surface area contributed by atoms with Crippen molar-refractivity contribution in [2.75, 3.05) is 11.9 Å². The average molecular weight is 370 g/mol. The molecule has 7 nitrogen and oxygen atoms in total. The number of nitro benzene ring substituents is 1. The summed E-state index contributed by atoms with van der Waals surface area (Å²) in [4.78, 5) is 35.0. The van der Waals surface area contributed by atoms with E-state index in [1.807, 2.05) is 37.3 Å². The largest absolute Gasteiger partial charge is 0.455 e. The molecule has 1 amide bonds. The topological polar surface area (TPSA) is 98.5 Å². The Kier molecular flexibility index (Phi) is 6.65. The number of nitrogens with zero attached hydrogens (tertiary/aromatic N) is 1. The summed E-state index contributed by atoms with van der Waals surface area (Å²) >= 11 is 0. The number of amides is 1. The summed E-state index contributed by atoms with van der Waals surface area (Å²) < 4.78 is 5.12. The van der Waals surface area contributed by atoms with Crippen molar-refractivity contribution < 1.29 is 19.2 Å². The van der Waals surface area contributed by atoms with Crippen LogP contribution in [0.4, 0.5) is 11.4 Å². The van der Waals surface area contributed by atoms with E-state index in [4.69, 9.17) is 4.74 Å². The second-order valence-corrected chi connectivity index (χ2v) is 6.24. The number of carbonyl (C=O) groups excluding carboxylic acids is 2. The van der Waals surface area contributed by atoms with Crippen LogP contribution in [-0.2, 0) is 14.3 Å². The molecule has 0 fully saturated rings. The van der Waals surface area contributed by atoms with Gasteiger partial charge < -0.3 is 10.1 Å². The fourth-order valence-corrected chi connectivity index (χ4v) is 2.70. The number of nitrogens with one attached hydrogen (secondary N) is 1. The minimum absolute atomic E-state index is 0.0826. The van der Waals surface area contributed by atoms with Crippen molar-refractivity contribution in [2.24, 2.45) is 0 Å². The maximum atomic E-state index is 12.3. The lowest BCUT2D eigenvalue weighted by molar-refractivity contribution is -0.384. The number of hydrogen-bond donors (Lipinski definition) is 1. The number of ether oxygens (including phenoxy) is 1. The first-order valence-electron chi connectivity index (χ1n) is 8.60. The maximum Gasteiger partial charge on any atom is 0.313 e. The van der Waals surface area contributed by atoms with Gasteiger partial charge in [-0.25, -0.2) is 0 Å². The molecule has 0 bridgehead atoms. The molecule has 0 radical (unpaired) electrons. The van der Waals surface area contributed by atoms with E-state index >= 15 is 0 Å². The Morgan fingerprint density at radius 2 is 1.78 bits per heavy atom. The Labute approximate surface area is 157 Å². The number of carbonyl (C=O) groups is 2. The zero-order valence-electron chi connectivity index (χ0n) is 15.5. The molecule has 2 rings (SSSR count). The maximum absolute atomic E-state index is 12.3. The van der Waals surface area contributed by atoms with Crippen LogP contribution in [-0.4, -0.2) is 23.4 Å². The van der Waals surface area contributed by atoms with E-state index in [1.54, 1.807) is 13.8 Å². The van der Waals surface area contributed by atoms with Crippen LogP contribution in [0.5, 0.6) is 0 Å². The summed E-state index contributed by atoms with van der Waals surface area (Å²) in [5.74, 6) is -1.60. The third-order valence-corrected chi connectivity index (χ3v) is 4.32. The molecule has 0 aliphatic heterocycles. The molecule has 0 unspecified atom stereocenters. The normalized spacial score (nSPS) is 11.5. The van der Waals surface area contributed by atoms with Crippen molar-refractivity contribution in [1.29, 1.82) is 0 Å². The standard InChI is InChI=1S/C20H22N2O5/c1-4-16(15-8-6-5-7-9-15)20(24)27-12-19(23)21-17-10-13(2)14(3)11-18(17)22(25)26/h5-11,16H,4,12H2,1-3H3,(H,21,23)/t16-/m0/s1. The number of hydrogen-bond acceptors (Lipinski definition) is 5. The first-order valence-corrected chi connectivity index (χ1v) is 8.60. The van der Waals surface area contributed by atoms with Crippen LogP contribution >= 0.6 is 0 Å². The van der Waals surface area contributed by atoms with Gasteiger partial charge in [0.25, 0.3) is 11.6 Å². The summed E-state index contributed by atoms with van der Waals surface area (Å²) in [5.41, 5.74) is 2.26. The van der Waals surface area contributed by atoms with Crippen LogP contribution in [0, 0.1) is 24.0 Å². The third-order valence-electron chi connectivity index (χ3n) is 4.32. The van der Waals surface area contributed by atoms with Crippen LogP contribution in [0.2, 0.25) is 0 Å². The average Bonchev–Trinajstić information content (AvgIpc) is 2.64. The molecule has 2 aromatic rings. The summed E-state index contributed by atoms with van der Waals surface area (Å²) in [5, 5.41) is 13.6. The van der Waals surface area contributed by atoms with Crippen molar-refractivity contribution >= 4 is 23.3 Å². The van der Waals surface area contributed by atoms with E-state index in [9.17, 15) is 19.7 Å². The Morgan fingerprint density at radius 3 is 2.37 bits per heavy atom. The molecule has 1 atom stereocenters. The molecule has 27 heavy (non-hydrogen) atoms. The van der Waals surface area contributed by atoms with Crippen LogP contribution < -0.4 is 5.32 Å². The molecule has 0 heterocycles. The second-order valence-electron chi connectivity index (χ2n) is 6.24. The lowest BCUT2D eigenvalue weighted by Crippen LogP contribution is -2.24. The van der Waals surface area contributed by atoms with E-state index in [-0.39, 0.29) is 11.4 Å². The van der Waals surface area contributed by atoms with Gasteiger partial charge >= 0.3 is 5.97 Å². The van der Waals surface area contributed by atoms with Gasteiger partial charge in [-0.15, -0.1) is 0 Å². The number of aryl methyl sites for hydroxylation is 2. The van der Waals surface area contributed by atoms with Crippen molar-refractivity contribution in [3.8, 4) is 0 Å². The van der Waals surface area contributed by atoms with E-state index in [0.29, 0.717) is 6.42 Å². The fourth-order valence-electron chi connectivity index (χ4n) is 2.70. The molecule has 0 aromatic heterocycles. The summed E-state index contributed by atoms with van der Waals surface area (Å²) in [6.45, 7) is 4.90. The molecule has 0 spiro atoms. The van der Waals surface area contributed by atoms with E-state index < -0.39 is 29.3 Å². The van der Waals surface area contributed by atoms with Crippen molar-refractivity contribution in [2.45, 2.75) is 33.1 Å². The highest BCUT2D eigenvalue weighted by Gasteiger charge is 2.22. The van der Waals surface area contributed by atoms with Gasteiger partial charge in [-0.2, -0.15) is 0 Å². The molecule has 0 saturated carbocycles. The summed E-state index contributed by atoms with van der Waals surface area (Å²) in [7, 11) is 0. The Hall–Kier alpha value is -3.22. The fraction of sp³-hybridized carbons (Fsp3) is 0.300. The highest BCUT2D eigenvalue weighted by Crippen LogP contribution is 2.28. The van der Waals surface area contributed by atoms with Crippen LogP contribution in [0.1, 0.15) is 36.0 Å². The van der Waals surface area contributed by atoms with Crippen LogP contribution in [0.25, 0.3) is 0 Å². The monoisotopic (exact) mass is 370 g/mol. The first kappa shape index (κ1) is 20.1. The van der Waals surface area contributed by atoms with Crippen molar-refractivity contribution in [3.05, 3.63) is 69.3 Å². The van der Waals surface area contributed by atoms with E-state index in [2.05, 4.69) is 5.32 Å². The van der Waals surface area contributed by atoms with Gasteiger partial charge in [-0.3, -0.25) is 19.7 Å². The SMILES string of the molecule is CC[C@H](C(=O)OCC(=O)Nc1cc(C)c(C)cc1[N+](=O)[O-])c1ccccc1. The lowest BCUT2D eigenvalue weighted by Gasteiger charge is -2.14. The zero-order chi connectivity index (χ0) is 20.0. The minimum atomic E-state index is -0.627. The van der Waals surface area contributed by atoms with Gasteiger partial charge in [0.2, 0.25) is 0 Å². The third kappa shape index (κ3) is 5.13. The summed E-state index contributed by atoms with van der Waals surface area (Å²) in [6, 6.07) is 12.1. The van der Waals surface area contributed by atoms with Crippen LogP contribution in [0.15, 0.2) is 42.5 Å². The zero-order valence-corrected chi connectivity index (χ0v) is 15.5. The van der Waals surface area contributed by atoms with Crippen LogP contribution in [0.3, 0.4) is 0 Å². The quantitative estimate of drug-likeness (QED) is 0.453. The second kappa shape index (κ2) is 8.93. The van der Waals surface area contributed by atoms with Crippen molar-refractivity contribution in [3.63, 3.8) is 0 Å². The highest BCUT2D eigenvalue weighted by molar-refractivity contribution is 5.95. The van der Waals surface area contributed by atoms with Gasteiger partial charge in [0, 0.05) is 6.07 Å². The van der Waals surface area contributed by atoms with Crippen molar-refractivity contribution in [1.82, 2.24) is 0 Å². The molecule has 0 aliphatic carbocycles. The molecule has 7 heteroatoms. The predicted octanol–water partition coefficient (Wildman–Crippen LogP) is 3.89. The highest BCUT2D eigenvalue weighted by atomic mass is 16.6. The molecule has 142 valence electrons. The molecular weight excluding hydrogens is 348 g/mol. The Morgan fingerprint density at radius 1 is 1.15 bits per heavy atom.